The van der Waals surface area contributed by atoms with Gasteiger partial charge in [-0.05, 0) is 54.8 Å². The van der Waals surface area contributed by atoms with Gasteiger partial charge in [-0.2, -0.15) is 0 Å². The monoisotopic (exact) mass is 284 g/mol. The summed E-state index contributed by atoms with van der Waals surface area (Å²) in [4.78, 5) is 8.41. The number of nitrogens with one attached hydrogen (secondary N) is 1. The first-order valence-electron chi connectivity index (χ1n) is 6.79. The lowest BCUT2D eigenvalue weighted by molar-refractivity contribution is 0.415. The zero-order valence-corrected chi connectivity index (χ0v) is 12.3. The highest BCUT2D eigenvalue weighted by Crippen LogP contribution is 2.14. The van der Waals surface area contributed by atoms with E-state index in [1.165, 1.54) is 11.1 Å². The maximum absolute atomic E-state index is 5.87. The molecule has 5 nitrogen and oxygen atoms in total. The topological polar surface area (TPSA) is 72.5 Å². The lowest BCUT2D eigenvalue weighted by Crippen LogP contribution is -2.23. The summed E-state index contributed by atoms with van der Waals surface area (Å²) in [6.07, 6.45) is 4.50. The largest absolute Gasteiger partial charge is 0.497 e. The number of rotatable bonds is 5. The number of aryl methyl sites for hydroxylation is 1. The molecule has 2 rings (SSSR count). The summed E-state index contributed by atoms with van der Waals surface area (Å²) in [5.74, 6) is 1.22. The van der Waals surface area contributed by atoms with Crippen LogP contribution >= 0.6 is 0 Å². The molecule has 110 valence electrons. The van der Waals surface area contributed by atoms with Crippen molar-refractivity contribution >= 4 is 11.6 Å². The molecule has 0 aliphatic heterocycles. The molecule has 0 atom stereocenters. The predicted molar refractivity (Wildman–Crippen MR) is 85.8 cm³/mol. The Morgan fingerprint density at radius 2 is 2.05 bits per heavy atom. The van der Waals surface area contributed by atoms with Crippen molar-refractivity contribution in [3.05, 3.63) is 53.9 Å². The third-order valence-electron chi connectivity index (χ3n) is 3.16. The predicted octanol–water partition coefficient (Wildman–Crippen LogP) is 2.37. The van der Waals surface area contributed by atoms with Crippen LogP contribution in [-0.4, -0.2) is 24.6 Å². The van der Waals surface area contributed by atoms with Gasteiger partial charge in [-0.3, -0.25) is 9.98 Å². The number of pyridine rings is 1. The van der Waals surface area contributed by atoms with Crippen LogP contribution in [0.4, 0.5) is 5.69 Å². The first-order chi connectivity index (χ1) is 10.2. The van der Waals surface area contributed by atoms with Crippen molar-refractivity contribution < 1.29 is 4.74 Å². The van der Waals surface area contributed by atoms with Crippen molar-refractivity contribution in [1.29, 1.82) is 0 Å². The van der Waals surface area contributed by atoms with Crippen LogP contribution in [0.1, 0.15) is 11.1 Å². The van der Waals surface area contributed by atoms with Crippen LogP contribution < -0.4 is 15.8 Å². The lowest BCUT2D eigenvalue weighted by Gasteiger charge is -2.07. The molecule has 0 aliphatic carbocycles. The zero-order valence-electron chi connectivity index (χ0n) is 12.3. The number of methoxy groups -OCH3 is 1. The average Bonchev–Trinajstić information content (AvgIpc) is 2.50. The third kappa shape index (κ3) is 4.49. The molecule has 2 aromatic rings. The van der Waals surface area contributed by atoms with E-state index >= 15 is 0 Å². The van der Waals surface area contributed by atoms with Gasteiger partial charge < -0.3 is 15.8 Å². The van der Waals surface area contributed by atoms with Crippen molar-refractivity contribution in [3.63, 3.8) is 0 Å². The molecule has 0 unspecified atom stereocenters. The van der Waals surface area contributed by atoms with Crippen molar-refractivity contribution in [2.24, 2.45) is 10.7 Å². The zero-order chi connectivity index (χ0) is 15.1. The molecule has 3 N–H and O–H groups in total. The fourth-order valence-corrected chi connectivity index (χ4v) is 1.94. The van der Waals surface area contributed by atoms with Gasteiger partial charge in [0, 0.05) is 24.6 Å². The summed E-state index contributed by atoms with van der Waals surface area (Å²) in [6, 6.07) is 9.55. The van der Waals surface area contributed by atoms with Crippen LogP contribution in [0.25, 0.3) is 0 Å². The fraction of sp³-hybridized carbons (Fsp3) is 0.250. The Balaban J connectivity index is 1.87. The number of anilines is 1. The Bertz CT molecular complexity index is 608. The first kappa shape index (κ1) is 14.8. The highest BCUT2D eigenvalue weighted by molar-refractivity contribution is 5.92. The SMILES string of the molecule is COc1ccc(NC(N)=NCCc2ccncc2C)cc1. The number of hydrogen-bond donors (Lipinski definition) is 2. The molecule has 0 saturated carbocycles. The summed E-state index contributed by atoms with van der Waals surface area (Å²) < 4.78 is 5.10. The second-order valence-electron chi connectivity index (χ2n) is 4.67. The minimum atomic E-state index is 0.409. The second kappa shape index (κ2) is 7.28. The van der Waals surface area contributed by atoms with Gasteiger partial charge in [-0.25, -0.2) is 0 Å². The quantitative estimate of drug-likeness (QED) is 0.653. The molecule has 0 bridgehead atoms. The maximum atomic E-state index is 5.87. The molecule has 1 aromatic carbocycles. The summed E-state index contributed by atoms with van der Waals surface area (Å²) >= 11 is 0. The van der Waals surface area contributed by atoms with Crippen molar-refractivity contribution in [2.45, 2.75) is 13.3 Å². The van der Waals surface area contributed by atoms with Crippen molar-refractivity contribution in [2.75, 3.05) is 19.0 Å². The number of nitrogens with two attached hydrogens (primary N) is 1. The van der Waals surface area contributed by atoms with E-state index in [4.69, 9.17) is 10.5 Å². The number of aliphatic imine (C=N–C) groups is 1. The molecule has 1 heterocycles. The van der Waals surface area contributed by atoms with Crippen molar-refractivity contribution in [3.8, 4) is 5.75 Å². The highest BCUT2D eigenvalue weighted by atomic mass is 16.5. The molecular formula is C16H20N4O. The summed E-state index contributed by atoms with van der Waals surface area (Å²) in [5.41, 5.74) is 9.18. The van der Waals surface area contributed by atoms with Gasteiger partial charge in [0.05, 0.1) is 7.11 Å². The Labute approximate surface area is 124 Å². The van der Waals surface area contributed by atoms with Gasteiger partial charge in [0.1, 0.15) is 5.75 Å². The molecular weight excluding hydrogens is 264 g/mol. The number of ether oxygens (including phenoxy) is 1. The molecule has 0 saturated heterocycles. The smallest absolute Gasteiger partial charge is 0.193 e. The maximum Gasteiger partial charge on any atom is 0.193 e. The van der Waals surface area contributed by atoms with E-state index in [0.29, 0.717) is 12.5 Å². The molecule has 0 spiro atoms. The van der Waals surface area contributed by atoms with Crippen LogP contribution in [0.5, 0.6) is 5.75 Å². The van der Waals surface area contributed by atoms with E-state index in [2.05, 4.69) is 15.3 Å². The van der Waals surface area contributed by atoms with Crippen LogP contribution in [0, 0.1) is 6.92 Å². The Morgan fingerprint density at radius 1 is 1.29 bits per heavy atom. The van der Waals surface area contributed by atoms with Crippen LogP contribution in [0.15, 0.2) is 47.7 Å². The number of benzene rings is 1. The number of hydrogen-bond acceptors (Lipinski definition) is 3. The molecule has 0 radical (unpaired) electrons. The van der Waals surface area contributed by atoms with Gasteiger partial charge >= 0.3 is 0 Å². The molecule has 0 aliphatic rings. The van der Waals surface area contributed by atoms with E-state index in [1.807, 2.05) is 43.5 Å². The first-order valence-corrected chi connectivity index (χ1v) is 6.79. The normalized spacial score (nSPS) is 11.2. The summed E-state index contributed by atoms with van der Waals surface area (Å²) in [6.45, 7) is 2.69. The van der Waals surface area contributed by atoms with E-state index in [1.54, 1.807) is 13.3 Å². The van der Waals surface area contributed by atoms with E-state index < -0.39 is 0 Å². The lowest BCUT2D eigenvalue weighted by atomic mass is 10.1. The number of guanidine groups is 1. The minimum Gasteiger partial charge on any atom is -0.497 e. The Morgan fingerprint density at radius 3 is 2.71 bits per heavy atom. The van der Waals surface area contributed by atoms with Crippen LogP contribution in [0.3, 0.4) is 0 Å². The van der Waals surface area contributed by atoms with Gasteiger partial charge in [0.15, 0.2) is 5.96 Å². The fourth-order valence-electron chi connectivity index (χ4n) is 1.94. The molecule has 1 aromatic heterocycles. The van der Waals surface area contributed by atoms with Crippen LogP contribution in [-0.2, 0) is 6.42 Å². The van der Waals surface area contributed by atoms with Gasteiger partial charge in [0.2, 0.25) is 0 Å². The number of aromatic nitrogens is 1. The minimum absolute atomic E-state index is 0.409. The molecule has 5 heteroatoms. The van der Waals surface area contributed by atoms with E-state index in [9.17, 15) is 0 Å². The second-order valence-corrected chi connectivity index (χ2v) is 4.67. The van der Waals surface area contributed by atoms with E-state index in [-0.39, 0.29) is 0 Å². The average molecular weight is 284 g/mol. The van der Waals surface area contributed by atoms with Gasteiger partial charge in [-0.1, -0.05) is 0 Å². The van der Waals surface area contributed by atoms with Gasteiger partial charge in [-0.15, -0.1) is 0 Å². The standard InChI is InChI=1S/C16H20N4O/c1-12-11-18-9-7-13(12)8-10-19-16(17)20-14-3-5-15(21-2)6-4-14/h3-7,9,11H,8,10H2,1-2H3,(H3,17,19,20). The Kier molecular flexibility index (Phi) is 5.15. The summed E-state index contributed by atoms with van der Waals surface area (Å²) in [7, 11) is 1.64. The molecule has 0 amide bonds. The third-order valence-corrected chi connectivity index (χ3v) is 3.16. The van der Waals surface area contributed by atoms with E-state index in [0.717, 1.165) is 17.9 Å². The summed E-state index contributed by atoms with van der Waals surface area (Å²) in [5, 5.41) is 3.05. The Hall–Kier alpha value is -2.56. The number of nitrogens with zero attached hydrogens (tertiary/aromatic N) is 2. The van der Waals surface area contributed by atoms with Crippen LogP contribution in [0.2, 0.25) is 0 Å². The van der Waals surface area contributed by atoms with Gasteiger partial charge in [0.25, 0.3) is 0 Å². The molecule has 21 heavy (non-hydrogen) atoms. The highest BCUT2D eigenvalue weighted by Gasteiger charge is 1.98. The molecule has 0 fully saturated rings. The van der Waals surface area contributed by atoms with Crippen molar-refractivity contribution in [1.82, 2.24) is 4.98 Å².